The second kappa shape index (κ2) is 3.86. The van der Waals surface area contributed by atoms with E-state index in [2.05, 4.69) is 0 Å². The Morgan fingerprint density at radius 1 is 1.12 bits per heavy atom. The van der Waals surface area contributed by atoms with Gasteiger partial charge in [0.05, 0.1) is 6.61 Å². The number of halogens is 3. The maximum atomic E-state index is 12.6. The van der Waals surface area contributed by atoms with Crippen molar-refractivity contribution < 1.29 is 27.8 Å². The van der Waals surface area contributed by atoms with Crippen molar-refractivity contribution in [3.63, 3.8) is 0 Å². The van der Waals surface area contributed by atoms with Crippen molar-refractivity contribution in [1.82, 2.24) is 0 Å². The monoisotopic (exact) mass is 234 g/mol. The molecule has 1 heterocycles. The largest absolute Gasteiger partial charge is 0.486 e. The fourth-order valence-corrected chi connectivity index (χ4v) is 1.54. The van der Waals surface area contributed by atoms with E-state index in [1.165, 1.54) is 6.07 Å². The van der Waals surface area contributed by atoms with E-state index in [-0.39, 0.29) is 31.3 Å². The van der Waals surface area contributed by atoms with Crippen LogP contribution in [-0.4, -0.2) is 18.3 Å². The summed E-state index contributed by atoms with van der Waals surface area (Å²) in [4.78, 5) is 0. The molecule has 6 heteroatoms. The Hall–Kier alpha value is -1.43. The summed E-state index contributed by atoms with van der Waals surface area (Å²) >= 11 is 0. The van der Waals surface area contributed by atoms with Crippen molar-refractivity contribution in [3.8, 4) is 11.5 Å². The summed E-state index contributed by atoms with van der Waals surface area (Å²) in [6, 6.07) is 2.08. The van der Waals surface area contributed by atoms with Gasteiger partial charge in [0.1, 0.15) is 18.8 Å². The molecule has 0 bridgehead atoms. The van der Waals surface area contributed by atoms with Crippen LogP contribution < -0.4 is 9.47 Å². The van der Waals surface area contributed by atoms with Crippen LogP contribution in [0.4, 0.5) is 13.2 Å². The highest BCUT2D eigenvalue weighted by molar-refractivity contribution is 5.53. The zero-order valence-electron chi connectivity index (χ0n) is 8.17. The van der Waals surface area contributed by atoms with Crippen LogP contribution in [0.3, 0.4) is 0 Å². The molecule has 0 radical (unpaired) electrons. The number of alkyl halides is 3. The minimum atomic E-state index is -4.49. The smallest absolute Gasteiger partial charge is 0.420 e. The molecule has 1 aromatic rings. The molecule has 0 atom stereocenters. The lowest BCUT2D eigenvalue weighted by Crippen LogP contribution is -2.20. The Balaban J connectivity index is 2.57. The lowest BCUT2D eigenvalue weighted by atomic mass is 10.1. The molecule has 0 amide bonds. The minimum Gasteiger partial charge on any atom is -0.486 e. The highest BCUT2D eigenvalue weighted by Crippen LogP contribution is 2.44. The van der Waals surface area contributed by atoms with Crippen molar-refractivity contribution in [3.05, 3.63) is 23.3 Å². The number of ether oxygens (including phenoxy) is 2. The first kappa shape index (κ1) is 11.1. The van der Waals surface area contributed by atoms with E-state index >= 15 is 0 Å². The van der Waals surface area contributed by atoms with E-state index in [1.54, 1.807) is 0 Å². The average Bonchev–Trinajstić information content (AvgIpc) is 2.26. The van der Waals surface area contributed by atoms with Gasteiger partial charge in [-0.25, -0.2) is 0 Å². The quantitative estimate of drug-likeness (QED) is 0.807. The van der Waals surface area contributed by atoms with E-state index in [4.69, 9.17) is 14.6 Å². The molecule has 0 fully saturated rings. The van der Waals surface area contributed by atoms with Crippen LogP contribution in [0.1, 0.15) is 11.1 Å². The molecule has 0 aromatic heterocycles. The van der Waals surface area contributed by atoms with Gasteiger partial charge < -0.3 is 14.6 Å². The van der Waals surface area contributed by atoms with Gasteiger partial charge in [0.15, 0.2) is 11.5 Å². The highest BCUT2D eigenvalue weighted by Gasteiger charge is 2.37. The summed E-state index contributed by atoms with van der Waals surface area (Å²) in [7, 11) is 0. The second-order valence-electron chi connectivity index (χ2n) is 3.28. The normalized spacial score (nSPS) is 15.0. The Labute approximate surface area is 89.4 Å². The van der Waals surface area contributed by atoms with Crippen LogP contribution in [0.2, 0.25) is 0 Å². The Kier molecular flexibility index (Phi) is 2.67. The average molecular weight is 234 g/mol. The Bertz CT molecular complexity index is 401. The molecule has 1 aliphatic heterocycles. The summed E-state index contributed by atoms with van der Waals surface area (Å²) in [5.41, 5.74) is -0.581. The predicted octanol–water partition coefficient (Wildman–Crippen LogP) is 1.97. The van der Waals surface area contributed by atoms with Crippen molar-refractivity contribution >= 4 is 0 Å². The van der Waals surface area contributed by atoms with Crippen LogP contribution in [0.5, 0.6) is 11.5 Å². The van der Waals surface area contributed by atoms with Crippen LogP contribution in [0, 0.1) is 0 Å². The van der Waals surface area contributed by atoms with Gasteiger partial charge >= 0.3 is 6.18 Å². The third kappa shape index (κ3) is 1.80. The summed E-state index contributed by atoms with van der Waals surface area (Å²) < 4.78 is 47.9. The fraction of sp³-hybridized carbons (Fsp3) is 0.400. The summed E-state index contributed by atoms with van der Waals surface area (Å²) in [5, 5.41) is 8.97. The highest BCUT2D eigenvalue weighted by atomic mass is 19.4. The molecule has 3 nitrogen and oxygen atoms in total. The van der Waals surface area contributed by atoms with Crippen molar-refractivity contribution in [2.45, 2.75) is 12.8 Å². The molecule has 88 valence electrons. The van der Waals surface area contributed by atoms with Gasteiger partial charge in [-0.1, -0.05) is 6.07 Å². The predicted molar refractivity (Wildman–Crippen MR) is 48.4 cm³/mol. The molecular weight excluding hydrogens is 225 g/mol. The van der Waals surface area contributed by atoms with E-state index in [0.29, 0.717) is 5.56 Å². The van der Waals surface area contributed by atoms with Crippen molar-refractivity contribution in [2.75, 3.05) is 13.2 Å². The van der Waals surface area contributed by atoms with Gasteiger partial charge in [-0.15, -0.1) is 0 Å². The zero-order valence-corrected chi connectivity index (χ0v) is 8.17. The van der Waals surface area contributed by atoms with Crippen LogP contribution >= 0.6 is 0 Å². The third-order valence-corrected chi connectivity index (χ3v) is 2.25. The standard InChI is InChI=1S/C10H9F3O3/c11-10(12,13)7-2-1-6(5-14)8-9(7)16-4-3-15-8/h1-2,14H,3-5H2. The van der Waals surface area contributed by atoms with Gasteiger partial charge in [0, 0.05) is 5.56 Å². The molecule has 0 spiro atoms. The number of rotatable bonds is 1. The minimum absolute atomic E-state index is 0.0106. The fourth-order valence-electron chi connectivity index (χ4n) is 1.54. The second-order valence-corrected chi connectivity index (χ2v) is 3.28. The van der Waals surface area contributed by atoms with Gasteiger partial charge in [0.25, 0.3) is 0 Å². The molecule has 1 aliphatic rings. The molecule has 1 N–H and O–H groups in total. The summed E-state index contributed by atoms with van der Waals surface area (Å²) in [6.45, 7) is -0.129. The number of aliphatic hydroxyl groups excluding tert-OH is 1. The maximum Gasteiger partial charge on any atom is 0.420 e. The summed E-state index contributed by atoms with van der Waals surface area (Å²) in [5.74, 6) is -0.339. The van der Waals surface area contributed by atoms with E-state index in [1.807, 2.05) is 0 Å². The zero-order chi connectivity index (χ0) is 11.8. The molecule has 1 aromatic carbocycles. The van der Waals surface area contributed by atoms with Crippen LogP contribution in [0.15, 0.2) is 12.1 Å². The lowest BCUT2D eigenvalue weighted by Gasteiger charge is -2.23. The number of hydrogen-bond donors (Lipinski definition) is 1. The van der Waals surface area contributed by atoms with Gasteiger partial charge in [0.2, 0.25) is 0 Å². The molecule has 16 heavy (non-hydrogen) atoms. The lowest BCUT2D eigenvalue weighted by molar-refractivity contribution is -0.139. The topological polar surface area (TPSA) is 38.7 Å². The third-order valence-electron chi connectivity index (χ3n) is 2.25. The maximum absolute atomic E-state index is 12.6. The van der Waals surface area contributed by atoms with Crippen LogP contribution in [0.25, 0.3) is 0 Å². The first-order valence-electron chi connectivity index (χ1n) is 4.63. The number of hydrogen-bond acceptors (Lipinski definition) is 3. The molecule has 0 unspecified atom stereocenters. The van der Waals surface area contributed by atoms with E-state index < -0.39 is 11.7 Å². The summed E-state index contributed by atoms with van der Waals surface area (Å²) in [6.07, 6.45) is -4.49. The number of fused-ring (bicyclic) bond motifs is 1. The van der Waals surface area contributed by atoms with E-state index in [0.717, 1.165) is 6.07 Å². The van der Waals surface area contributed by atoms with Gasteiger partial charge in [-0.05, 0) is 6.07 Å². The van der Waals surface area contributed by atoms with Gasteiger partial charge in [-0.3, -0.25) is 0 Å². The molecule has 0 saturated carbocycles. The van der Waals surface area contributed by atoms with Gasteiger partial charge in [-0.2, -0.15) is 13.2 Å². The molecule has 0 aliphatic carbocycles. The van der Waals surface area contributed by atoms with Crippen molar-refractivity contribution in [2.24, 2.45) is 0 Å². The molecule has 2 rings (SSSR count). The van der Waals surface area contributed by atoms with Crippen LogP contribution in [-0.2, 0) is 12.8 Å². The van der Waals surface area contributed by atoms with E-state index in [9.17, 15) is 13.2 Å². The first-order chi connectivity index (χ1) is 7.54. The Morgan fingerprint density at radius 2 is 1.75 bits per heavy atom. The SMILES string of the molecule is OCc1ccc(C(F)(F)F)c2c1OCCO2. The number of benzene rings is 1. The molecular formula is C10H9F3O3. The molecule has 0 saturated heterocycles. The first-order valence-corrected chi connectivity index (χ1v) is 4.63. The Morgan fingerprint density at radius 3 is 2.31 bits per heavy atom. The number of aliphatic hydroxyl groups is 1. The van der Waals surface area contributed by atoms with Crippen molar-refractivity contribution in [1.29, 1.82) is 0 Å².